The molecular formula is C18H19NO5. The normalized spacial score (nSPS) is 10.4. The summed E-state index contributed by atoms with van der Waals surface area (Å²) in [6, 6.07) is 8.02. The first-order valence-electron chi connectivity index (χ1n) is 7.40. The summed E-state index contributed by atoms with van der Waals surface area (Å²) in [5.41, 5.74) is 7.82. The zero-order chi connectivity index (χ0) is 17.9. The number of rotatable bonds is 6. The predicted octanol–water partition coefficient (Wildman–Crippen LogP) is 2.92. The van der Waals surface area contributed by atoms with Crippen molar-refractivity contribution >= 4 is 11.9 Å². The quantitative estimate of drug-likeness (QED) is 0.755. The molecular weight excluding hydrogens is 310 g/mol. The molecule has 2 aromatic rings. The Hall–Kier alpha value is -3.02. The van der Waals surface area contributed by atoms with Gasteiger partial charge in [0.05, 0.1) is 5.56 Å². The lowest BCUT2D eigenvalue weighted by Gasteiger charge is -2.14. The van der Waals surface area contributed by atoms with Crippen LogP contribution >= 0.6 is 0 Å². The summed E-state index contributed by atoms with van der Waals surface area (Å²) in [6.45, 7) is 3.73. The van der Waals surface area contributed by atoms with Gasteiger partial charge in [0.15, 0.2) is 0 Å². The molecule has 0 aromatic heterocycles. The molecule has 2 rings (SSSR count). The number of ether oxygens (including phenoxy) is 1. The lowest BCUT2D eigenvalue weighted by molar-refractivity contribution is -0.136. The first-order valence-corrected chi connectivity index (χ1v) is 7.40. The van der Waals surface area contributed by atoms with Gasteiger partial charge in [-0.15, -0.1) is 0 Å². The van der Waals surface area contributed by atoms with E-state index in [0.29, 0.717) is 17.9 Å². The Morgan fingerprint density at radius 2 is 1.75 bits per heavy atom. The summed E-state index contributed by atoms with van der Waals surface area (Å²) < 4.78 is 5.83. The Balaban J connectivity index is 2.28. The number of carboxylic acids is 1. The van der Waals surface area contributed by atoms with Crippen LogP contribution in [0.15, 0.2) is 30.3 Å². The number of carboxylic acid groups (broad SMARTS) is 1. The van der Waals surface area contributed by atoms with E-state index in [4.69, 9.17) is 15.6 Å². The van der Waals surface area contributed by atoms with Crippen molar-refractivity contribution in [1.82, 2.24) is 0 Å². The molecule has 0 fully saturated rings. The first-order chi connectivity index (χ1) is 11.3. The van der Waals surface area contributed by atoms with Crippen molar-refractivity contribution in [1.29, 1.82) is 0 Å². The van der Waals surface area contributed by atoms with Crippen LogP contribution in [0.3, 0.4) is 0 Å². The van der Waals surface area contributed by atoms with Crippen molar-refractivity contribution < 1.29 is 24.5 Å². The number of hydrogen-bond donors (Lipinski definition) is 3. The predicted molar refractivity (Wildman–Crippen MR) is 88.6 cm³/mol. The number of carbonyl (C=O) groups is 2. The smallest absolute Gasteiger partial charge is 0.303 e. The molecule has 0 aliphatic carbocycles. The number of phenols is 1. The lowest BCUT2D eigenvalue weighted by Crippen LogP contribution is -2.11. The SMILES string of the molecule is Cc1cc(CCC(=O)O)cc(C)c1Oc1ccc(O)c(C(N)=O)c1. The van der Waals surface area contributed by atoms with Crippen molar-refractivity contribution in [3.63, 3.8) is 0 Å². The minimum atomic E-state index is -0.839. The third kappa shape index (κ3) is 4.04. The van der Waals surface area contributed by atoms with Gasteiger partial charge < -0.3 is 20.7 Å². The van der Waals surface area contributed by atoms with Crippen LogP contribution < -0.4 is 10.5 Å². The maximum atomic E-state index is 11.3. The fourth-order valence-electron chi connectivity index (χ4n) is 2.49. The van der Waals surface area contributed by atoms with E-state index >= 15 is 0 Å². The zero-order valence-electron chi connectivity index (χ0n) is 13.5. The van der Waals surface area contributed by atoms with Crippen molar-refractivity contribution in [3.8, 4) is 17.2 Å². The molecule has 0 saturated carbocycles. The highest BCUT2D eigenvalue weighted by Gasteiger charge is 2.12. The van der Waals surface area contributed by atoms with Crippen molar-refractivity contribution in [2.24, 2.45) is 5.73 Å². The summed E-state index contributed by atoms with van der Waals surface area (Å²) in [5.74, 6) is -0.780. The van der Waals surface area contributed by atoms with Gasteiger partial charge in [-0.05, 0) is 55.2 Å². The minimum Gasteiger partial charge on any atom is -0.507 e. The van der Waals surface area contributed by atoms with Gasteiger partial charge in [-0.2, -0.15) is 0 Å². The number of amides is 1. The molecule has 0 aliphatic heterocycles. The second kappa shape index (κ2) is 7.04. The van der Waals surface area contributed by atoms with Gasteiger partial charge >= 0.3 is 5.97 Å². The second-order valence-electron chi connectivity index (χ2n) is 5.60. The molecule has 0 heterocycles. The van der Waals surface area contributed by atoms with Crippen LogP contribution in [0.1, 0.15) is 33.5 Å². The van der Waals surface area contributed by atoms with Crippen LogP contribution in [0.2, 0.25) is 0 Å². The molecule has 0 bridgehead atoms. The average Bonchev–Trinajstić information content (AvgIpc) is 2.50. The topological polar surface area (TPSA) is 110 Å². The average molecular weight is 329 g/mol. The Morgan fingerprint density at radius 3 is 2.29 bits per heavy atom. The largest absolute Gasteiger partial charge is 0.507 e. The number of hydrogen-bond acceptors (Lipinski definition) is 4. The molecule has 6 nitrogen and oxygen atoms in total. The van der Waals surface area contributed by atoms with Crippen LogP contribution in [0.4, 0.5) is 0 Å². The van der Waals surface area contributed by atoms with Gasteiger partial charge in [0.25, 0.3) is 5.91 Å². The number of aryl methyl sites for hydroxylation is 3. The molecule has 0 aliphatic rings. The van der Waals surface area contributed by atoms with Crippen LogP contribution in [-0.2, 0) is 11.2 Å². The molecule has 6 heteroatoms. The number of aliphatic carboxylic acids is 1. The van der Waals surface area contributed by atoms with Crippen molar-refractivity contribution in [2.45, 2.75) is 26.7 Å². The van der Waals surface area contributed by atoms with Gasteiger partial charge in [-0.25, -0.2) is 0 Å². The number of benzene rings is 2. The van der Waals surface area contributed by atoms with Crippen LogP contribution in [0.5, 0.6) is 17.2 Å². The van der Waals surface area contributed by atoms with Crippen LogP contribution in [0, 0.1) is 13.8 Å². The van der Waals surface area contributed by atoms with E-state index in [9.17, 15) is 14.7 Å². The van der Waals surface area contributed by atoms with Gasteiger partial charge in [0, 0.05) is 6.42 Å². The van der Waals surface area contributed by atoms with Gasteiger partial charge in [-0.1, -0.05) is 12.1 Å². The van der Waals surface area contributed by atoms with Gasteiger partial charge in [-0.3, -0.25) is 9.59 Å². The molecule has 126 valence electrons. The van der Waals surface area contributed by atoms with E-state index in [1.54, 1.807) is 6.07 Å². The molecule has 24 heavy (non-hydrogen) atoms. The Kier molecular flexibility index (Phi) is 5.08. The molecule has 0 unspecified atom stereocenters. The summed E-state index contributed by atoms with van der Waals surface area (Å²) in [6.07, 6.45) is 0.515. The molecule has 1 amide bonds. The molecule has 0 saturated heterocycles. The standard InChI is InChI=1S/C18H19NO5/c1-10-7-12(3-6-16(21)22)8-11(2)17(10)24-13-4-5-15(20)14(9-13)18(19)23/h4-5,7-9,20H,3,6H2,1-2H3,(H2,19,23)(H,21,22). The third-order valence-electron chi connectivity index (χ3n) is 3.60. The third-order valence-corrected chi connectivity index (χ3v) is 3.60. The second-order valence-corrected chi connectivity index (χ2v) is 5.60. The van der Waals surface area contributed by atoms with Gasteiger partial charge in [0.1, 0.15) is 17.2 Å². The monoisotopic (exact) mass is 329 g/mol. The Morgan fingerprint density at radius 1 is 1.12 bits per heavy atom. The van der Waals surface area contributed by atoms with E-state index in [2.05, 4.69) is 0 Å². The summed E-state index contributed by atoms with van der Waals surface area (Å²) in [5, 5.41) is 18.4. The maximum absolute atomic E-state index is 11.3. The number of primary amides is 1. The first kappa shape index (κ1) is 17.3. The fourth-order valence-corrected chi connectivity index (χ4v) is 2.49. The molecule has 0 atom stereocenters. The van der Waals surface area contributed by atoms with E-state index in [1.165, 1.54) is 12.1 Å². The number of nitrogens with two attached hydrogens (primary N) is 1. The number of aromatic hydroxyl groups is 1. The molecule has 0 spiro atoms. The Labute approximate surface area is 139 Å². The lowest BCUT2D eigenvalue weighted by atomic mass is 10.0. The molecule has 2 aromatic carbocycles. The van der Waals surface area contributed by atoms with E-state index in [-0.39, 0.29) is 17.7 Å². The Bertz CT molecular complexity index is 775. The van der Waals surface area contributed by atoms with E-state index in [1.807, 2.05) is 26.0 Å². The summed E-state index contributed by atoms with van der Waals surface area (Å²) in [7, 11) is 0. The summed E-state index contributed by atoms with van der Waals surface area (Å²) in [4.78, 5) is 22.0. The van der Waals surface area contributed by atoms with E-state index in [0.717, 1.165) is 16.7 Å². The highest BCUT2D eigenvalue weighted by Crippen LogP contribution is 2.32. The van der Waals surface area contributed by atoms with Crippen molar-refractivity contribution in [3.05, 3.63) is 52.6 Å². The maximum Gasteiger partial charge on any atom is 0.303 e. The summed E-state index contributed by atoms with van der Waals surface area (Å²) >= 11 is 0. The molecule has 0 radical (unpaired) electrons. The zero-order valence-corrected chi connectivity index (χ0v) is 13.5. The highest BCUT2D eigenvalue weighted by molar-refractivity contribution is 5.95. The minimum absolute atomic E-state index is 0.0131. The fraction of sp³-hybridized carbons (Fsp3) is 0.222. The molecule has 4 N–H and O–H groups in total. The highest BCUT2D eigenvalue weighted by atomic mass is 16.5. The number of carbonyl (C=O) groups excluding carboxylic acids is 1. The van der Waals surface area contributed by atoms with Gasteiger partial charge in [0.2, 0.25) is 0 Å². The van der Waals surface area contributed by atoms with Crippen LogP contribution in [-0.4, -0.2) is 22.1 Å². The van der Waals surface area contributed by atoms with E-state index < -0.39 is 11.9 Å². The van der Waals surface area contributed by atoms with Crippen molar-refractivity contribution in [2.75, 3.05) is 0 Å². The van der Waals surface area contributed by atoms with Crippen LogP contribution in [0.25, 0.3) is 0 Å².